The summed E-state index contributed by atoms with van der Waals surface area (Å²) < 4.78 is 44.1. The Kier molecular flexibility index (Phi) is 5.88. The highest BCUT2D eigenvalue weighted by Crippen LogP contribution is 2.28. The summed E-state index contributed by atoms with van der Waals surface area (Å²) in [5, 5.41) is 4.98. The molecule has 1 aromatic heterocycles. The van der Waals surface area contributed by atoms with E-state index in [1.165, 1.54) is 32.2 Å². The van der Waals surface area contributed by atoms with Crippen molar-refractivity contribution in [2.75, 3.05) is 17.7 Å². The Morgan fingerprint density at radius 3 is 2.48 bits per heavy atom. The Labute approximate surface area is 151 Å². The number of hydrogen-bond acceptors (Lipinski definition) is 4. The zero-order valence-corrected chi connectivity index (χ0v) is 14.4. The van der Waals surface area contributed by atoms with Gasteiger partial charge in [-0.3, -0.25) is 14.4 Å². The first-order chi connectivity index (χ1) is 12.6. The molecule has 2 aromatic rings. The van der Waals surface area contributed by atoms with Crippen LogP contribution in [0.3, 0.4) is 0 Å². The number of hydrogen-bond donors (Lipinski definition) is 2. The van der Waals surface area contributed by atoms with E-state index in [0.29, 0.717) is 22.1 Å². The largest absolute Gasteiger partial charge is 0.495 e. The van der Waals surface area contributed by atoms with Crippen molar-refractivity contribution in [2.24, 2.45) is 0 Å². The van der Waals surface area contributed by atoms with E-state index in [1.807, 2.05) is 0 Å². The number of rotatable bonds is 5. The van der Waals surface area contributed by atoms with Crippen LogP contribution in [0.4, 0.5) is 24.5 Å². The van der Waals surface area contributed by atoms with Gasteiger partial charge in [0.15, 0.2) is 0 Å². The second-order valence-corrected chi connectivity index (χ2v) is 5.50. The maximum absolute atomic E-state index is 12.8. The number of methoxy groups -OCH3 is 1. The molecule has 0 saturated heterocycles. The maximum Gasteiger partial charge on any atom is 0.421 e. The monoisotopic (exact) mass is 383 g/mol. The fourth-order valence-corrected chi connectivity index (χ4v) is 2.31. The summed E-state index contributed by atoms with van der Waals surface area (Å²) in [4.78, 5) is 35.2. The van der Waals surface area contributed by atoms with Gasteiger partial charge in [0.2, 0.25) is 11.8 Å². The number of nitrogens with one attached hydrogen (secondary N) is 2. The molecule has 0 bridgehead atoms. The number of anilines is 2. The van der Waals surface area contributed by atoms with Gasteiger partial charge in [0.25, 0.3) is 5.56 Å². The summed E-state index contributed by atoms with van der Waals surface area (Å²) in [7, 11) is 1.40. The van der Waals surface area contributed by atoms with E-state index in [2.05, 4.69) is 10.6 Å². The first kappa shape index (κ1) is 20.0. The molecule has 0 atom stereocenters. The molecule has 27 heavy (non-hydrogen) atoms. The molecule has 2 rings (SSSR count). The van der Waals surface area contributed by atoms with Crippen molar-refractivity contribution < 1.29 is 27.5 Å². The lowest BCUT2D eigenvalue weighted by atomic mass is 10.2. The molecule has 2 N–H and O–H groups in total. The van der Waals surface area contributed by atoms with Gasteiger partial charge in [-0.25, -0.2) is 0 Å². The van der Waals surface area contributed by atoms with Crippen molar-refractivity contribution in [3.8, 4) is 5.75 Å². The molecule has 0 saturated carbocycles. The highest BCUT2D eigenvalue weighted by Gasteiger charge is 2.34. The summed E-state index contributed by atoms with van der Waals surface area (Å²) >= 11 is 0. The molecule has 144 valence electrons. The molecule has 0 aliphatic heterocycles. The van der Waals surface area contributed by atoms with Crippen LogP contribution in [0.5, 0.6) is 5.75 Å². The van der Waals surface area contributed by atoms with Crippen LogP contribution in [-0.4, -0.2) is 23.5 Å². The highest BCUT2D eigenvalue weighted by molar-refractivity contribution is 5.94. The molecule has 0 fully saturated rings. The van der Waals surface area contributed by atoms with E-state index in [4.69, 9.17) is 4.74 Å². The van der Waals surface area contributed by atoms with E-state index in [1.54, 1.807) is 0 Å². The molecule has 2 amide bonds. The molecule has 1 heterocycles. The Balaban J connectivity index is 2.19. The van der Waals surface area contributed by atoms with E-state index >= 15 is 0 Å². The molecule has 10 heteroatoms. The third-order valence-electron chi connectivity index (χ3n) is 3.43. The van der Waals surface area contributed by atoms with Gasteiger partial charge in [0, 0.05) is 18.8 Å². The predicted octanol–water partition coefficient (Wildman–Crippen LogP) is 2.47. The van der Waals surface area contributed by atoms with Gasteiger partial charge >= 0.3 is 6.18 Å². The van der Waals surface area contributed by atoms with Gasteiger partial charge in [0.1, 0.15) is 17.9 Å². The number of aromatic nitrogens is 1. The van der Waals surface area contributed by atoms with E-state index in [0.717, 1.165) is 12.3 Å². The number of alkyl halides is 3. The number of benzene rings is 1. The number of pyridine rings is 1. The molecule has 1 aromatic carbocycles. The fraction of sp³-hybridized carbons (Fsp3) is 0.235. The normalized spacial score (nSPS) is 11.0. The summed E-state index contributed by atoms with van der Waals surface area (Å²) in [6.45, 7) is 0.689. The lowest BCUT2D eigenvalue weighted by Crippen LogP contribution is -2.31. The Bertz CT molecular complexity index is 922. The quantitative estimate of drug-likeness (QED) is 0.830. The van der Waals surface area contributed by atoms with Gasteiger partial charge in [-0.15, -0.1) is 0 Å². The van der Waals surface area contributed by atoms with Crippen molar-refractivity contribution in [1.29, 1.82) is 0 Å². The molecular weight excluding hydrogens is 367 g/mol. The zero-order valence-electron chi connectivity index (χ0n) is 14.4. The first-order valence-electron chi connectivity index (χ1n) is 7.64. The second-order valence-electron chi connectivity index (χ2n) is 5.50. The van der Waals surface area contributed by atoms with E-state index in [-0.39, 0.29) is 11.6 Å². The van der Waals surface area contributed by atoms with Gasteiger partial charge in [-0.2, -0.15) is 13.2 Å². The molecule has 0 aliphatic rings. The smallest absolute Gasteiger partial charge is 0.421 e. The average Bonchev–Trinajstić information content (AvgIpc) is 2.55. The van der Waals surface area contributed by atoms with Gasteiger partial charge in [-0.05, 0) is 30.3 Å². The van der Waals surface area contributed by atoms with Gasteiger partial charge in [0.05, 0.1) is 12.8 Å². The molecule has 0 spiro atoms. The maximum atomic E-state index is 12.8. The lowest BCUT2D eigenvalue weighted by Gasteiger charge is -2.13. The summed E-state index contributed by atoms with van der Waals surface area (Å²) in [6, 6.07) is 6.10. The molecule has 0 unspecified atom stereocenters. The van der Waals surface area contributed by atoms with Crippen molar-refractivity contribution in [2.45, 2.75) is 19.6 Å². The molecule has 7 nitrogen and oxygen atoms in total. The second kappa shape index (κ2) is 7.94. The van der Waals surface area contributed by atoms with Crippen molar-refractivity contribution in [1.82, 2.24) is 4.57 Å². The van der Waals surface area contributed by atoms with Crippen molar-refractivity contribution in [3.05, 3.63) is 52.4 Å². The number of nitrogens with zero attached hydrogens (tertiary/aromatic N) is 1. The minimum absolute atomic E-state index is 0.268. The summed E-state index contributed by atoms with van der Waals surface area (Å²) in [5.74, 6) is -0.708. The van der Waals surface area contributed by atoms with Crippen LogP contribution in [0.1, 0.15) is 12.5 Å². The number of carbonyl (C=O) groups is 2. The van der Waals surface area contributed by atoms with Crippen molar-refractivity contribution >= 4 is 23.2 Å². The van der Waals surface area contributed by atoms with Gasteiger partial charge in [-0.1, -0.05) is 0 Å². The fourth-order valence-electron chi connectivity index (χ4n) is 2.31. The van der Waals surface area contributed by atoms with Crippen LogP contribution in [0.15, 0.2) is 41.3 Å². The Morgan fingerprint density at radius 1 is 1.19 bits per heavy atom. The first-order valence-corrected chi connectivity index (χ1v) is 7.64. The standard InChI is InChI=1S/C17H16F3N3O4/c1-10(24)21-13-8-11(5-6-14(13)27-2)22-15(25)9-23-7-3-4-12(16(23)26)17(18,19)20/h3-8H,9H2,1-2H3,(H,21,24)(H,22,25). The average molecular weight is 383 g/mol. The topological polar surface area (TPSA) is 89.4 Å². The molecule has 0 radical (unpaired) electrons. The number of amides is 2. The van der Waals surface area contributed by atoms with E-state index in [9.17, 15) is 27.6 Å². The van der Waals surface area contributed by atoms with Crippen LogP contribution in [0.2, 0.25) is 0 Å². The molecular formula is C17H16F3N3O4. The van der Waals surface area contributed by atoms with Crippen LogP contribution < -0.4 is 20.9 Å². The predicted molar refractivity (Wildman–Crippen MR) is 91.6 cm³/mol. The Morgan fingerprint density at radius 2 is 1.89 bits per heavy atom. The minimum Gasteiger partial charge on any atom is -0.495 e. The Hall–Kier alpha value is -3.30. The van der Waals surface area contributed by atoms with Gasteiger partial charge < -0.3 is 19.9 Å². The van der Waals surface area contributed by atoms with Crippen LogP contribution in [-0.2, 0) is 22.3 Å². The number of halogens is 3. The summed E-state index contributed by atoms with van der Waals surface area (Å²) in [5.41, 5.74) is -2.09. The highest BCUT2D eigenvalue weighted by atomic mass is 19.4. The third-order valence-corrected chi connectivity index (χ3v) is 3.43. The minimum atomic E-state index is -4.81. The lowest BCUT2D eigenvalue weighted by molar-refractivity contribution is -0.139. The van der Waals surface area contributed by atoms with Crippen LogP contribution in [0.25, 0.3) is 0 Å². The number of carbonyl (C=O) groups excluding carboxylic acids is 2. The van der Waals surface area contributed by atoms with Crippen LogP contribution >= 0.6 is 0 Å². The number of ether oxygens (including phenoxy) is 1. The van der Waals surface area contributed by atoms with Crippen molar-refractivity contribution in [3.63, 3.8) is 0 Å². The third kappa shape index (κ3) is 5.09. The van der Waals surface area contributed by atoms with Crippen LogP contribution in [0, 0.1) is 0 Å². The summed E-state index contributed by atoms with van der Waals surface area (Å²) in [6.07, 6.45) is -3.71. The SMILES string of the molecule is COc1ccc(NC(=O)Cn2cccc(C(F)(F)F)c2=O)cc1NC(C)=O. The molecule has 0 aliphatic carbocycles. The zero-order chi connectivity index (χ0) is 20.2. The van der Waals surface area contributed by atoms with E-state index < -0.39 is 29.8 Å².